The van der Waals surface area contributed by atoms with E-state index in [0.29, 0.717) is 11.8 Å². The predicted molar refractivity (Wildman–Crippen MR) is 119 cm³/mol. The Hall–Kier alpha value is -2.66. The van der Waals surface area contributed by atoms with E-state index in [4.69, 9.17) is 0 Å². The molecule has 1 aliphatic heterocycles. The molecule has 0 saturated carbocycles. The van der Waals surface area contributed by atoms with E-state index in [1.165, 1.54) is 0 Å². The molecule has 2 heterocycles. The lowest BCUT2D eigenvalue weighted by Crippen LogP contribution is -2.41. The van der Waals surface area contributed by atoms with Gasteiger partial charge in [-0.15, -0.1) is 0 Å². The largest absolute Gasteiger partial charge is 0.416 e. The molecule has 1 aromatic heterocycles. The van der Waals surface area contributed by atoms with Gasteiger partial charge in [-0.25, -0.2) is 13.4 Å². The lowest BCUT2D eigenvalue weighted by atomic mass is 9.97. The molecular weight excluding hydrogens is 457 g/mol. The molecule has 3 rings (SSSR count). The van der Waals surface area contributed by atoms with Crippen LogP contribution in [0.5, 0.6) is 0 Å². The molecule has 1 N–H and O–H groups in total. The number of anilines is 2. The molecule has 1 fully saturated rings. The summed E-state index contributed by atoms with van der Waals surface area (Å²) in [6.07, 6.45) is -2.50. The number of aromatic nitrogens is 1. The molecule has 0 bridgehead atoms. The fourth-order valence-corrected chi connectivity index (χ4v) is 5.30. The van der Waals surface area contributed by atoms with E-state index in [9.17, 15) is 26.4 Å². The summed E-state index contributed by atoms with van der Waals surface area (Å²) < 4.78 is 65.6. The molecule has 0 spiro atoms. The van der Waals surface area contributed by atoms with Gasteiger partial charge in [-0.2, -0.15) is 17.5 Å². The van der Waals surface area contributed by atoms with E-state index in [1.807, 2.05) is 19.9 Å². The number of hydrogen-bond donors (Lipinski definition) is 1. The topological polar surface area (TPSA) is 82.6 Å². The third kappa shape index (κ3) is 5.83. The third-order valence-corrected chi connectivity index (χ3v) is 7.62. The highest BCUT2D eigenvalue weighted by molar-refractivity contribution is 7.89. The molecule has 1 amide bonds. The summed E-state index contributed by atoms with van der Waals surface area (Å²) >= 11 is 0. The standard InChI is InChI=1S/C22H27F3N4O3S/c1-3-28(4-2)20-9-8-18(15-26-20)27-21(30)16-10-12-29(13-11-16)33(31,32)19-7-5-6-17(14-19)22(23,24)25/h5-9,14-16H,3-4,10-13H2,1-2H3,(H,27,30). The number of benzene rings is 1. The number of alkyl halides is 3. The molecule has 1 aliphatic rings. The number of piperidine rings is 1. The number of nitrogens with zero attached hydrogens (tertiary/aromatic N) is 3. The van der Waals surface area contributed by atoms with Crippen LogP contribution in [0, 0.1) is 5.92 Å². The van der Waals surface area contributed by atoms with Crippen molar-refractivity contribution in [2.24, 2.45) is 5.92 Å². The van der Waals surface area contributed by atoms with Crippen LogP contribution < -0.4 is 10.2 Å². The van der Waals surface area contributed by atoms with Crippen LogP contribution in [0.25, 0.3) is 0 Å². The van der Waals surface area contributed by atoms with Crippen molar-refractivity contribution in [2.45, 2.75) is 37.8 Å². The quantitative estimate of drug-likeness (QED) is 0.643. The van der Waals surface area contributed by atoms with E-state index in [0.717, 1.165) is 41.4 Å². The second kappa shape index (κ2) is 10.1. The Balaban J connectivity index is 1.61. The van der Waals surface area contributed by atoms with Crippen LogP contribution in [0.4, 0.5) is 24.7 Å². The number of halogens is 3. The van der Waals surface area contributed by atoms with Crippen molar-refractivity contribution in [3.63, 3.8) is 0 Å². The lowest BCUT2D eigenvalue weighted by molar-refractivity contribution is -0.137. The van der Waals surface area contributed by atoms with Crippen molar-refractivity contribution >= 4 is 27.4 Å². The van der Waals surface area contributed by atoms with E-state index in [1.54, 1.807) is 12.3 Å². The van der Waals surface area contributed by atoms with E-state index >= 15 is 0 Å². The number of nitrogens with one attached hydrogen (secondary N) is 1. The molecule has 2 aromatic rings. The highest BCUT2D eigenvalue weighted by atomic mass is 32.2. The molecule has 0 radical (unpaired) electrons. The normalized spacial score (nSPS) is 15.9. The number of carbonyl (C=O) groups excluding carboxylic acids is 1. The van der Waals surface area contributed by atoms with Gasteiger partial charge < -0.3 is 10.2 Å². The zero-order valence-electron chi connectivity index (χ0n) is 18.5. The zero-order valence-corrected chi connectivity index (χ0v) is 19.3. The van der Waals surface area contributed by atoms with Crippen LogP contribution in [-0.4, -0.2) is 49.8 Å². The van der Waals surface area contributed by atoms with Crippen molar-refractivity contribution in [3.05, 3.63) is 48.2 Å². The van der Waals surface area contributed by atoms with Crippen LogP contribution in [-0.2, 0) is 21.0 Å². The molecule has 11 heteroatoms. The zero-order chi connectivity index (χ0) is 24.2. The predicted octanol–water partition coefficient (Wildman–Crippen LogP) is 3.99. The molecular formula is C22H27F3N4O3S. The van der Waals surface area contributed by atoms with Crippen LogP contribution >= 0.6 is 0 Å². The molecule has 1 aromatic carbocycles. The first-order valence-electron chi connectivity index (χ1n) is 10.8. The smallest absolute Gasteiger partial charge is 0.357 e. The Morgan fingerprint density at radius 2 is 1.82 bits per heavy atom. The minimum Gasteiger partial charge on any atom is -0.357 e. The highest BCUT2D eigenvalue weighted by Crippen LogP contribution is 2.32. The van der Waals surface area contributed by atoms with E-state index in [2.05, 4.69) is 15.2 Å². The molecule has 180 valence electrons. The van der Waals surface area contributed by atoms with Crippen molar-refractivity contribution < 1.29 is 26.4 Å². The van der Waals surface area contributed by atoms with Crippen molar-refractivity contribution in [1.29, 1.82) is 0 Å². The van der Waals surface area contributed by atoms with Crippen molar-refractivity contribution in [3.8, 4) is 0 Å². The summed E-state index contributed by atoms with van der Waals surface area (Å²) in [5, 5.41) is 2.81. The monoisotopic (exact) mass is 484 g/mol. The van der Waals surface area contributed by atoms with Crippen molar-refractivity contribution in [2.75, 3.05) is 36.4 Å². The molecule has 0 atom stereocenters. The second-order valence-corrected chi connectivity index (χ2v) is 9.71. The van der Waals surface area contributed by atoms with Crippen LogP contribution in [0.3, 0.4) is 0 Å². The lowest BCUT2D eigenvalue weighted by Gasteiger charge is -2.30. The third-order valence-electron chi connectivity index (χ3n) is 5.73. The summed E-state index contributed by atoms with van der Waals surface area (Å²) in [7, 11) is -4.08. The number of carbonyl (C=O) groups is 1. The highest BCUT2D eigenvalue weighted by Gasteiger charge is 2.35. The fraction of sp³-hybridized carbons (Fsp3) is 0.455. The first-order valence-corrected chi connectivity index (χ1v) is 12.2. The van der Waals surface area contributed by atoms with Gasteiger partial charge in [0.15, 0.2) is 0 Å². The number of hydrogen-bond acceptors (Lipinski definition) is 5. The maximum absolute atomic E-state index is 13.0. The minimum atomic E-state index is -4.63. The summed E-state index contributed by atoms with van der Waals surface area (Å²) in [5.74, 6) is 0.176. The van der Waals surface area contributed by atoms with Crippen LogP contribution in [0.2, 0.25) is 0 Å². The Morgan fingerprint density at radius 1 is 1.15 bits per heavy atom. The SMILES string of the molecule is CCN(CC)c1ccc(NC(=O)C2CCN(S(=O)(=O)c3cccc(C(F)(F)F)c3)CC2)cn1. The van der Waals surface area contributed by atoms with E-state index < -0.39 is 32.6 Å². The van der Waals surface area contributed by atoms with Gasteiger partial charge >= 0.3 is 6.18 Å². The second-order valence-electron chi connectivity index (χ2n) is 7.77. The molecule has 0 aliphatic carbocycles. The van der Waals surface area contributed by atoms with Gasteiger partial charge in [0.2, 0.25) is 15.9 Å². The van der Waals surface area contributed by atoms with Crippen LogP contribution in [0.1, 0.15) is 32.3 Å². The Kier molecular flexibility index (Phi) is 7.63. The molecule has 7 nitrogen and oxygen atoms in total. The maximum atomic E-state index is 13.0. The van der Waals surface area contributed by atoms with Gasteiger partial charge in [0.25, 0.3) is 0 Å². The summed E-state index contributed by atoms with van der Waals surface area (Å²) in [4.78, 5) is 18.7. The van der Waals surface area contributed by atoms with Crippen molar-refractivity contribution in [1.82, 2.24) is 9.29 Å². The van der Waals surface area contributed by atoms with Gasteiger partial charge in [-0.1, -0.05) is 6.07 Å². The number of amides is 1. The van der Waals surface area contributed by atoms with Gasteiger partial charge in [0.05, 0.1) is 22.3 Å². The average Bonchev–Trinajstić information content (AvgIpc) is 2.80. The van der Waals surface area contributed by atoms with Gasteiger partial charge in [0, 0.05) is 32.1 Å². The number of pyridine rings is 1. The summed E-state index contributed by atoms with van der Waals surface area (Å²) in [6.45, 7) is 5.79. The Labute approximate surface area is 191 Å². The van der Waals surface area contributed by atoms with Gasteiger partial charge in [-0.3, -0.25) is 4.79 Å². The summed E-state index contributed by atoms with van der Waals surface area (Å²) in [5.41, 5.74) is -0.464. The first kappa shape index (κ1) is 25.0. The molecule has 1 saturated heterocycles. The van der Waals surface area contributed by atoms with E-state index in [-0.39, 0.29) is 31.8 Å². The molecule has 33 heavy (non-hydrogen) atoms. The Bertz CT molecular complexity index is 1060. The Morgan fingerprint density at radius 3 is 2.36 bits per heavy atom. The minimum absolute atomic E-state index is 0.0514. The van der Waals surface area contributed by atoms with Crippen LogP contribution in [0.15, 0.2) is 47.5 Å². The number of rotatable bonds is 7. The average molecular weight is 485 g/mol. The number of sulfonamides is 1. The fourth-order valence-electron chi connectivity index (χ4n) is 3.78. The maximum Gasteiger partial charge on any atom is 0.416 e. The molecule has 0 unspecified atom stereocenters. The first-order chi connectivity index (χ1) is 15.6. The summed E-state index contributed by atoms with van der Waals surface area (Å²) in [6, 6.07) is 7.30. The van der Waals surface area contributed by atoms with Gasteiger partial charge in [-0.05, 0) is 57.0 Å². The van der Waals surface area contributed by atoms with Gasteiger partial charge in [0.1, 0.15) is 5.82 Å².